The second kappa shape index (κ2) is 11.3. The molecule has 9 aromatic carbocycles. The van der Waals surface area contributed by atoms with Gasteiger partial charge in [0.1, 0.15) is 22.3 Å². The first kappa shape index (κ1) is 28.9. The van der Waals surface area contributed by atoms with Gasteiger partial charge in [-0.15, -0.1) is 0 Å². The number of hydrogen-bond acceptors (Lipinski definition) is 2. The fraction of sp³-hybridized carbons (Fsp3) is 0. The summed E-state index contributed by atoms with van der Waals surface area (Å²) in [5.41, 5.74) is 13.0. The monoisotopic (exact) mass is 662 g/mol. The van der Waals surface area contributed by atoms with E-state index in [0.29, 0.717) is 0 Å². The van der Waals surface area contributed by atoms with Gasteiger partial charge in [-0.05, 0) is 90.8 Å². The molecule has 0 N–H and O–H groups in total. The summed E-state index contributed by atoms with van der Waals surface area (Å²) in [6.07, 6.45) is 0. The Morgan fingerprint density at radius 2 is 0.731 bits per heavy atom. The highest BCUT2D eigenvalue weighted by Crippen LogP contribution is 2.46. The minimum Gasteiger partial charge on any atom is -0.456 e. The van der Waals surface area contributed by atoms with Gasteiger partial charge in [0.05, 0.1) is 0 Å². The lowest BCUT2D eigenvalue weighted by atomic mass is 9.85. The van der Waals surface area contributed by atoms with Crippen molar-refractivity contribution in [3.05, 3.63) is 182 Å². The Balaban J connectivity index is 1.09. The zero-order valence-electron chi connectivity index (χ0n) is 28.1. The second-order valence-electron chi connectivity index (χ2n) is 13.6. The van der Waals surface area contributed by atoms with Crippen molar-refractivity contribution >= 4 is 65.4 Å². The Morgan fingerprint density at radius 3 is 1.38 bits per heavy atom. The van der Waals surface area contributed by atoms with Gasteiger partial charge in [0.2, 0.25) is 0 Å². The minimum absolute atomic E-state index is 0.883. The van der Waals surface area contributed by atoms with Crippen LogP contribution < -0.4 is 0 Å². The van der Waals surface area contributed by atoms with Crippen LogP contribution in [0, 0.1) is 0 Å². The quantitative estimate of drug-likeness (QED) is 0.175. The summed E-state index contributed by atoms with van der Waals surface area (Å²) in [6, 6.07) is 65.0. The minimum atomic E-state index is 0.883. The Bertz CT molecular complexity index is 3100. The zero-order chi connectivity index (χ0) is 34.2. The van der Waals surface area contributed by atoms with Crippen LogP contribution in [-0.2, 0) is 0 Å². The molecule has 2 heterocycles. The highest BCUT2D eigenvalue weighted by molar-refractivity contribution is 6.22. The first-order valence-corrected chi connectivity index (χ1v) is 17.8. The number of furan rings is 2. The van der Waals surface area contributed by atoms with Crippen LogP contribution in [0.25, 0.3) is 110 Å². The van der Waals surface area contributed by atoms with E-state index < -0.39 is 0 Å². The van der Waals surface area contributed by atoms with Gasteiger partial charge in [0.15, 0.2) is 0 Å². The van der Waals surface area contributed by atoms with Crippen LogP contribution in [0.4, 0.5) is 0 Å². The summed E-state index contributed by atoms with van der Waals surface area (Å²) >= 11 is 0. The maximum Gasteiger partial charge on any atom is 0.143 e. The predicted molar refractivity (Wildman–Crippen MR) is 218 cm³/mol. The van der Waals surface area contributed by atoms with E-state index in [9.17, 15) is 0 Å². The molecule has 11 rings (SSSR count). The molecule has 2 nitrogen and oxygen atoms in total. The summed E-state index contributed by atoms with van der Waals surface area (Å²) in [4.78, 5) is 0. The topological polar surface area (TPSA) is 26.3 Å². The van der Waals surface area contributed by atoms with Crippen molar-refractivity contribution in [2.45, 2.75) is 0 Å². The van der Waals surface area contributed by atoms with Gasteiger partial charge in [-0.1, -0.05) is 152 Å². The van der Waals surface area contributed by atoms with Gasteiger partial charge >= 0.3 is 0 Å². The van der Waals surface area contributed by atoms with Crippen molar-refractivity contribution in [1.29, 1.82) is 0 Å². The van der Waals surface area contributed by atoms with Crippen molar-refractivity contribution in [3.8, 4) is 44.5 Å². The van der Waals surface area contributed by atoms with Crippen LogP contribution in [0.2, 0.25) is 0 Å². The van der Waals surface area contributed by atoms with E-state index >= 15 is 0 Å². The van der Waals surface area contributed by atoms with E-state index in [1.165, 1.54) is 43.8 Å². The van der Waals surface area contributed by atoms with Crippen LogP contribution >= 0.6 is 0 Å². The molecule has 0 saturated carbocycles. The molecule has 0 aliphatic rings. The lowest BCUT2D eigenvalue weighted by Gasteiger charge is -2.18. The average Bonchev–Trinajstić information content (AvgIpc) is 3.79. The van der Waals surface area contributed by atoms with Gasteiger partial charge in [-0.25, -0.2) is 0 Å². The van der Waals surface area contributed by atoms with E-state index in [0.717, 1.165) is 66.1 Å². The molecule has 52 heavy (non-hydrogen) atoms. The summed E-state index contributed by atoms with van der Waals surface area (Å²) in [6.45, 7) is 0. The zero-order valence-corrected chi connectivity index (χ0v) is 28.1. The molecule has 0 bridgehead atoms. The molecular weight excluding hydrogens is 633 g/mol. The van der Waals surface area contributed by atoms with Gasteiger partial charge < -0.3 is 8.83 Å². The SMILES string of the molecule is c1ccc(-c2c3ccccc3c(-c3ccc(-c4ccc(-c5ccc6oc7ccccc7c6c5)c5c4oc4ccccc45)cc3)c3ccccc23)cc1. The van der Waals surface area contributed by atoms with Crippen molar-refractivity contribution in [2.24, 2.45) is 0 Å². The summed E-state index contributed by atoms with van der Waals surface area (Å²) in [5.74, 6) is 0. The molecule has 0 saturated heterocycles. The predicted octanol–water partition coefficient (Wildman–Crippen LogP) is 14.5. The number of benzene rings is 9. The van der Waals surface area contributed by atoms with E-state index in [2.05, 4.69) is 164 Å². The van der Waals surface area contributed by atoms with Crippen LogP contribution in [-0.4, -0.2) is 0 Å². The third-order valence-corrected chi connectivity index (χ3v) is 10.7. The lowest BCUT2D eigenvalue weighted by Crippen LogP contribution is -1.91. The Kier molecular flexibility index (Phi) is 6.28. The number of rotatable bonds is 4. The molecule has 242 valence electrons. The molecule has 0 unspecified atom stereocenters. The van der Waals surface area contributed by atoms with E-state index in [1.54, 1.807) is 0 Å². The van der Waals surface area contributed by atoms with E-state index in [4.69, 9.17) is 8.83 Å². The molecule has 2 aromatic heterocycles. The molecular formula is C50H30O2. The molecule has 0 aliphatic heterocycles. The molecule has 0 radical (unpaired) electrons. The lowest BCUT2D eigenvalue weighted by molar-refractivity contribution is 0.669. The van der Waals surface area contributed by atoms with Crippen molar-refractivity contribution < 1.29 is 8.83 Å². The Hall–Kier alpha value is -6.90. The fourth-order valence-corrected chi connectivity index (χ4v) is 8.36. The van der Waals surface area contributed by atoms with Crippen molar-refractivity contribution in [3.63, 3.8) is 0 Å². The summed E-state index contributed by atoms with van der Waals surface area (Å²) in [5, 5.41) is 9.49. The first-order valence-electron chi connectivity index (χ1n) is 17.8. The van der Waals surface area contributed by atoms with Gasteiger partial charge in [-0.3, -0.25) is 0 Å². The molecule has 0 spiro atoms. The van der Waals surface area contributed by atoms with E-state index in [1.807, 2.05) is 18.2 Å². The molecule has 11 aromatic rings. The Morgan fingerprint density at radius 1 is 0.269 bits per heavy atom. The Labute approximate surface area is 299 Å². The summed E-state index contributed by atoms with van der Waals surface area (Å²) in [7, 11) is 0. The van der Waals surface area contributed by atoms with Crippen molar-refractivity contribution in [2.75, 3.05) is 0 Å². The normalized spacial score (nSPS) is 11.8. The highest BCUT2D eigenvalue weighted by Gasteiger charge is 2.20. The van der Waals surface area contributed by atoms with Crippen LogP contribution in [0.15, 0.2) is 191 Å². The molecule has 2 heteroatoms. The average molecular weight is 663 g/mol. The number of hydrogen-bond donors (Lipinski definition) is 0. The fourth-order valence-electron chi connectivity index (χ4n) is 8.36. The van der Waals surface area contributed by atoms with E-state index in [-0.39, 0.29) is 0 Å². The second-order valence-corrected chi connectivity index (χ2v) is 13.6. The summed E-state index contributed by atoms with van der Waals surface area (Å²) < 4.78 is 12.9. The molecule has 0 amide bonds. The largest absolute Gasteiger partial charge is 0.456 e. The van der Waals surface area contributed by atoms with Crippen LogP contribution in [0.5, 0.6) is 0 Å². The smallest absolute Gasteiger partial charge is 0.143 e. The maximum absolute atomic E-state index is 6.71. The van der Waals surface area contributed by atoms with Crippen molar-refractivity contribution in [1.82, 2.24) is 0 Å². The standard InChI is InChI=1S/C50H30O2/c1-2-12-32(13-3-1)47-38-15-4-6-17-40(38)48(41-18-7-5-16-39(41)47)33-24-22-31(23-25-33)36-28-27-35(49-42-19-9-11-21-45(42)52-50(36)49)34-26-29-46-43(30-34)37-14-8-10-20-44(37)51-46/h1-30H. The maximum atomic E-state index is 6.71. The van der Waals surface area contributed by atoms with Gasteiger partial charge in [0.25, 0.3) is 0 Å². The third kappa shape index (κ3) is 4.31. The first-order chi connectivity index (χ1) is 25.8. The number of fused-ring (bicyclic) bond motifs is 8. The number of para-hydroxylation sites is 2. The van der Waals surface area contributed by atoms with Crippen LogP contribution in [0.1, 0.15) is 0 Å². The molecule has 0 atom stereocenters. The highest BCUT2D eigenvalue weighted by atomic mass is 16.3. The third-order valence-electron chi connectivity index (χ3n) is 10.7. The van der Waals surface area contributed by atoms with Gasteiger partial charge in [0, 0.05) is 27.1 Å². The molecule has 0 fully saturated rings. The molecule has 0 aliphatic carbocycles. The van der Waals surface area contributed by atoms with Gasteiger partial charge in [-0.2, -0.15) is 0 Å². The van der Waals surface area contributed by atoms with Crippen LogP contribution in [0.3, 0.4) is 0 Å².